The molecule has 0 saturated carbocycles. The summed E-state index contributed by atoms with van der Waals surface area (Å²) >= 11 is 17.3. The largest absolute Gasteiger partial charge is 0.480 e. The first-order valence-electron chi connectivity index (χ1n) is 4.31. The van der Waals surface area contributed by atoms with Crippen LogP contribution < -0.4 is 10.6 Å². The zero-order chi connectivity index (χ0) is 13.0. The third-order valence-corrected chi connectivity index (χ3v) is 2.46. The number of amides is 2. The molecule has 0 spiro atoms. The molecule has 0 fully saturated rings. The Hall–Kier alpha value is -1.17. The van der Waals surface area contributed by atoms with Gasteiger partial charge in [0.05, 0.1) is 15.7 Å². The quantitative estimate of drug-likeness (QED) is 0.802. The second kappa shape index (κ2) is 5.95. The van der Waals surface area contributed by atoms with Crippen LogP contribution in [-0.4, -0.2) is 23.7 Å². The van der Waals surface area contributed by atoms with Gasteiger partial charge in [-0.25, -0.2) is 4.79 Å². The SMILES string of the molecule is O=C(O)CNC(=O)Nc1c(Cl)cc(Cl)cc1Cl. The number of anilines is 1. The second-order valence-electron chi connectivity index (χ2n) is 2.95. The lowest BCUT2D eigenvalue weighted by molar-refractivity contribution is -0.135. The maximum absolute atomic E-state index is 11.3. The van der Waals surface area contributed by atoms with Gasteiger partial charge in [-0.2, -0.15) is 0 Å². The summed E-state index contributed by atoms with van der Waals surface area (Å²) in [5.41, 5.74) is 0.167. The first kappa shape index (κ1) is 13.9. The Morgan fingerprint density at radius 1 is 1.18 bits per heavy atom. The molecule has 0 aliphatic heterocycles. The Bertz CT molecular complexity index is 442. The van der Waals surface area contributed by atoms with Gasteiger partial charge in [0.15, 0.2) is 0 Å². The smallest absolute Gasteiger partial charge is 0.323 e. The van der Waals surface area contributed by atoms with E-state index in [0.29, 0.717) is 5.02 Å². The summed E-state index contributed by atoms with van der Waals surface area (Å²) in [6.07, 6.45) is 0. The fourth-order valence-corrected chi connectivity index (χ4v) is 1.89. The Kier molecular flexibility index (Phi) is 4.86. The van der Waals surface area contributed by atoms with Crippen LogP contribution >= 0.6 is 34.8 Å². The molecule has 1 aromatic rings. The molecular weight excluding hydrogens is 290 g/mol. The lowest BCUT2D eigenvalue weighted by Gasteiger charge is -2.09. The monoisotopic (exact) mass is 296 g/mol. The van der Waals surface area contributed by atoms with Crippen LogP contribution in [0.15, 0.2) is 12.1 Å². The summed E-state index contributed by atoms with van der Waals surface area (Å²) in [7, 11) is 0. The van der Waals surface area contributed by atoms with Crippen molar-refractivity contribution in [3.8, 4) is 0 Å². The van der Waals surface area contributed by atoms with Gasteiger partial charge in [0.1, 0.15) is 6.54 Å². The van der Waals surface area contributed by atoms with E-state index in [1.165, 1.54) is 12.1 Å². The molecule has 17 heavy (non-hydrogen) atoms. The van der Waals surface area contributed by atoms with E-state index in [9.17, 15) is 9.59 Å². The first-order valence-corrected chi connectivity index (χ1v) is 5.44. The molecule has 0 aromatic heterocycles. The van der Waals surface area contributed by atoms with Crippen molar-refractivity contribution in [1.29, 1.82) is 0 Å². The van der Waals surface area contributed by atoms with Crippen LogP contribution in [0.4, 0.5) is 10.5 Å². The lowest BCUT2D eigenvalue weighted by atomic mass is 10.3. The number of aliphatic carboxylic acids is 1. The molecular formula is C9H7Cl3N2O3. The average molecular weight is 298 g/mol. The molecule has 0 aliphatic rings. The van der Waals surface area contributed by atoms with Crippen LogP contribution in [0.5, 0.6) is 0 Å². The van der Waals surface area contributed by atoms with Crippen molar-refractivity contribution in [3.63, 3.8) is 0 Å². The van der Waals surface area contributed by atoms with E-state index < -0.39 is 18.5 Å². The normalized spacial score (nSPS) is 9.82. The molecule has 0 atom stereocenters. The number of carboxylic acids is 1. The Morgan fingerprint density at radius 3 is 2.18 bits per heavy atom. The fraction of sp³-hybridized carbons (Fsp3) is 0.111. The Labute approximate surface area is 112 Å². The predicted molar refractivity (Wildman–Crippen MR) is 66.1 cm³/mol. The van der Waals surface area contributed by atoms with E-state index in [1.54, 1.807) is 0 Å². The summed E-state index contributed by atoms with van der Waals surface area (Å²) < 4.78 is 0. The minimum Gasteiger partial charge on any atom is -0.480 e. The molecule has 5 nitrogen and oxygen atoms in total. The van der Waals surface area contributed by atoms with E-state index in [0.717, 1.165) is 0 Å². The van der Waals surface area contributed by atoms with Crippen molar-refractivity contribution in [3.05, 3.63) is 27.2 Å². The van der Waals surface area contributed by atoms with Crippen molar-refractivity contribution in [1.82, 2.24) is 5.32 Å². The van der Waals surface area contributed by atoms with E-state index in [2.05, 4.69) is 10.6 Å². The highest BCUT2D eigenvalue weighted by Gasteiger charge is 2.11. The van der Waals surface area contributed by atoms with Crippen molar-refractivity contribution in [2.75, 3.05) is 11.9 Å². The first-order chi connectivity index (χ1) is 7.90. The molecule has 0 radical (unpaired) electrons. The Morgan fingerprint density at radius 2 is 1.71 bits per heavy atom. The third kappa shape index (κ3) is 4.30. The Balaban J connectivity index is 2.75. The zero-order valence-electron chi connectivity index (χ0n) is 8.26. The number of rotatable bonds is 3. The van der Waals surface area contributed by atoms with Crippen LogP contribution in [0.2, 0.25) is 15.1 Å². The van der Waals surface area contributed by atoms with Gasteiger partial charge in [0.25, 0.3) is 0 Å². The number of halogens is 3. The minimum atomic E-state index is -1.16. The minimum absolute atomic E-state index is 0.160. The molecule has 1 rings (SSSR count). The third-order valence-electron chi connectivity index (χ3n) is 1.65. The molecule has 0 unspecified atom stereocenters. The zero-order valence-corrected chi connectivity index (χ0v) is 10.5. The van der Waals surface area contributed by atoms with Crippen LogP contribution in [-0.2, 0) is 4.79 Å². The average Bonchev–Trinajstić information content (AvgIpc) is 2.20. The summed E-state index contributed by atoms with van der Waals surface area (Å²) in [5.74, 6) is -1.16. The van der Waals surface area contributed by atoms with Crippen molar-refractivity contribution in [2.45, 2.75) is 0 Å². The van der Waals surface area contributed by atoms with Crippen LogP contribution in [0.3, 0.4) is 0 Å². The number of hydrogen-bond donors (Lipinski definition) is 3. The van der Waals surface area contributed by atoms with Gasteiger partial charge in [-0.3, -0.25) is 4.79 Å². The number of urea groups is 1. The molecule has 0 heterocycles. The fourth-order valence-electron chi connectivity index (χ4n) is 0.975. The van der Waals surface area contributed by atoms with E-state index in [-0.39, 0.29) is 15.7 Å². The molecule has 92 valence electrons. The molecule has 2 amide bonds. The highest BCUT2D eigenvalue weighted by atomic mass is 35.5. The number of carbonyl (C=O) groups excluding carboxylic acids is 1. The van der Waals surface area contributed by atoms with E-state index in [1.807, 2.05) is 0 Å². The highest BCUT2D eigenvalue weighted by molar-refractivity contribution is 6.42. The van der Waals surface area contributed by atoms with E-state index in [4.69, 9.17) is 39.9 Å². The summed E-state index contributed by atoms with van der Waals surface area (Å²) in [5, 5.41) is 13.4. The second-order valence-corrected chi connectivity index (χ2v) is 4.20. The number of carbonyl (C=O) groups is 2. The number of benzene rings is 1. The summed E-state index contributed by atoms with van der Waals surface area (Å²) in [6, 6.07) is 2.09. The molecule has 1 aromatic carbocycles. The summed E-state index contributed by atoms with van der Waals surface area (Å²) in [6.45, 7) is -0.505. The van der Waals surface area contributed by atoms with Gasteiger partial charge in [0, 0.05) is 5.02 Å². The number of carboxylic acid groups (broad SMARTS) is 1. The number of nitrogens with one attached hydrogen (secondary N) is 2. The van der Waals surface area contributed by atoms with Gasteiger partial charge in [0.2, 0.25) is 0 Å². The van der Waals surface area contributed by atoms with Crippen LogP contribution in [0.25, 0.3) is 0 Å². The van der Waals surface area contributed by atoms with Crippen molar-refractivity contribution >= 4 is 52.5 Å². The standard InChI is InChI=1S/C9H7Cl3N2O3/c10-4-1-5(11)8(6(12)2-4)14-9(17)13-3-7(15)16/h1-2H,3H2,(H,15,16)(H2,13,14,17). The lowest BCUT2D eigenvalue weighted by Crippen LogP contribution is -2.33. The topological polar surface area (TPSA) is 78.4 Å². The van der Waals surface area contributed by atoms with Crippen molar-refractivity contribution < 1.29 is 14.7 Å². The van der Waals surface area contributed by atoms with Crippen LogP contribution in [0, 0.1) is 0 Å². The molecule has 3 N–H and O–H groups in total. The van der Waals surface area contributed by atoms with Gasteiger partial charge in [-0.1, -0.05) is 34.8 Å². The van der Waals surface area contributed by atoms with Gasteiger partial charge >= 0.3 is 12.0 Å². The number of hydrogen-bond acceptors (Lipinski definition) is 2. The maximum Gasteiger partial charge on any atom is 0.323 e. The van der Waals surface area contributed by atoms with Crippen LogP contribution in [0.1, 0.15) is 0 Å². The molecule has 0 saturated heterocycles. The highest BCUT2D eigenvalue weighted by Crippen LogP contribution is 2.33. The van der Waals surface area contributed by atoms with E-state index >= 15 is 0 Å². The van der Waals surface area contributed by atoms with Crippen molar-refractivity contribution in [2.24, 2.45) is 0 Å². The molecule has 0 aliphatic carbocycles. The predicted octanol–water partition coefficient (Wildman–Crippen LogP) is 2.85. The van der Waals surface area contributed by atoms with Gasteiger partial charge in [-0.15, -0.1) is 0 Å². The maximum atomic E-state index is 11.3. The van der Waals surface area contributed by atoms with Gasteiger partial charge in [-0.05, 0) is 12.1 Å². The molecule has 0 bridgehead atoms. The summed E-state index contributed by atoms with van der Waals surface area (Å²) in [4.78, 5) is 21.5. The van der Waals surface area contributed by atoms with Gasteiger partial charge < -0.3 is 15.7 Å². The molecule has 8 heteroatoms.